The molecule has 0 amide bonds. The summed E-state index contributed by atoms with van der Waals surface area (Å²) in [5.74, 6) is 0.719. The Balaban J connectivity index is 2.25. The molecule has 1 aliphatic rings. The average Bonchev–Trinajstić information content (AvgIpc) is 2.92. The number of hydrogen-bond donors (Lipinski definition) is 1. The number of alkyl halides is 1. The molecule has 1 fully saturated rings. The Morgan fingerprint density at radius 2 is 2.24 bits per heavy atom. The fraction of sp³-hybridized carbons (Fsp3) is 0.700. The Morgan fingerprint density at radius 1 is 1.59 bits per heavy atom. The molecule has 0 aliphatic heterocycles. The zero-order chi connectivity index (χ0) is 12.7. The molecule has 0 atom stereocenters. The second kappa shape index (κ2) is 4.37. The lowest BCUT2D eigenvalue weighted by Gasteiger charge is -2.12. The third kappa shape index (κ3) is 2.56. The number of hydrogen-bond acceptors (Lipinski definition) is 3. The predicted molar refractivity (Wildman–Crippen MR) is 68.7 cm³/mol. The van der Waals surface area contributed by atoms with E-state index in [1.807, 2.05) is 11.5 Å². The first kappa shape index (κ1) is 13.0. The molecule has 0 aromatic carbocycles. The van der Waals surface area contributed by atoms with Gasteiger partial charge >= 0.3 is 0 Å². The molecule has 0 radical (unpaired) electrons. The molecular formula is C10H16BrN3O2S. The minimum Gasteiger partial charge on any atom is -0.334 e. The maximum Gasteiger partial charge on any atom is 0.260 e. The average molecular weight is 322 g/mol. The summed E-state index contributed by atoms with van der Waals surface area (Å²) in [6.45, 7) is 4.48. The van der Waals surface area contributed by atoms with Gasteiger partial charge in [0.25, 0.3) is 10.0 Å². The summed E-state index contributed by atoms with van der Waals surface area (Å²) in [6.07, 6.45) is 3.35. The van der Waals surface area contributed by atoms with Crippen LogP contribution in [0.2, 0.25) is 0 Å². The molecule has 0 bridgehead atoms. The second-order valence-electron chi connectivity index (χ2n) is 4.43. The molecule has 17 heavy (non-hydrogen) atoms. The monoisotopic (exact) mass is 321 g/mol. The van der Waals surface area contributed by atoms with Gasteiger partial charge in [0.2, 0.25) is 0 Å². The van der Waals surface area contributed by atoms with E-state index in [0.717, 1.165) is 25.2 Å². The minimum atomic E-state index is -3.49. The van der Waals surface area contributed by atoms with Gasteiger partial charge in [-0.3, -0.25) is 0 Å². The highest BCUT2D eigenvalue weighted by Gasteiger charge is 2.45. The fourth-order valence-electron chi connectivity index (χ4n) is 1.68. The molecule has 1 heterocycles. The summed E-state index contributed by atoms with van der Waals surface area (Å²) in [5.41, 5.74) is -0.289. The summed E-state index contributed by atoms with van der Waals surface area (Å²) in [7, 11) is -3.49. The van der Waals surface area contributed by atoms with Gasteiger partial charge in [0.05, 0.1) is 0 Å². The number of nitrogens with zero attached hydrogens (tertiary/aromatic N) is 2. The number of aromatic nitrogens is 2. The van der Waals surface area contributed by atoms with Gasteiger partial charge in [-0.05, 0) is 26.7 Å². The van der Waals surface area contributed by atoms with Gasteiger partial charge in [-0.1, -0.05) is 15.9 Å². The van der Waals surface area contributed by atoms with E-state index in [9.17, 15) is 8.42 Å². The Labute approximate surface area is 110 Å². The normalized spacial score (nSPS) is 18.3. The molecule has 1 aromatic heterocycles. The van der Waals surface area contributed by atoms with E-state index in [1.54, 1.807) is 13.1 Å². The highest BCUT2D eigenvalue weighted by atomic mass is 79.9. The Morgan fingerprint density at radius 3 is 2.65 bits per heavy atom. The summed E-state index contributed by atoms with van der Waals surface area (Å²) < 4.78 is 28.8. The van der Waals surface area contributed by atoms with Crippen molar-refractivity contribution >= 4 is 26.0 Å². The third-order valence-corrected chi connectivity index (χ3v) is 5.55. The lowest BCUT2D eigenvalue weighted by molar-refractivity contribution is 0.557. The number of imidazole rings is 1. The minimum absolute atomic E-state index is 0.115. The van der Waals surface area contributed by atoms with E-state index in [-0.39, 0.29) is 10.6 Å². The lowest BCUT2D eigenvalue weighted by atomic mass is 10.4. The van der Waals surface area contributed by atoms with Crippen molar-refractivity contribution in [3.05, 3.63) is 12.0 Å². The van der Waals surface area contributed by atoms with Crippen LogP contribution < -0.4 is 4.72 Å². The third-order valence-electron chi connectivity index (χ3n) is 3.03. The largest absolute Gasteiger partial charge is 0.334 e. The van der Waals surface area contributed by atoms with Gasteiger partial charge in [-0.2, -0.15) is 0 Å². The molecule has 5 nitrogen and oxygen atoms in total. The first-order valence-electron chi connectivity index (χ1n) is 5.56. The smallest absolute Gasteiger partial charge is 0.260 e. The first-order chi connectivity index (χ1) is 7.92. The number of nitrogens with one attached hydrogen (secondary N) is 1. The van der Waals surface area contributed by atoms with E-state index in [2.05, 4.69) is 25.6 Å². The van der Waals surface area contributed by atoms with Crippen LogP contribution in [0.4, 0.5) is 0 Å². The van der Waals surface area contributed by atoms with Crippen molar-refractivity contribution in [1.29, 1.82) is 0 Å². The number of rotatable bonds is 5. The fourth-order valence-corrected chi connectivity index (χ4v) is 4.04. The highest BCUT2D eigenvalue weighted by Crippen LogP contribution is 2.38. The topological polar surface area (TPSA) is 64.0 Å². The molecule has 2 rings (SSSR count). The predicted octanol–water partition coefficient (Wildman–Crippen LogP) is 1.42. The molecule has 1 saturated carbocycles. The van der Waals surface area contributed by atoms with E-state index < -0.39 is 10.0 Å². The van der Waals surface area contributed by atoms with Crippen LogP contribution in [0.5, 0.6) is 0 Å². The summed E-state index contributed by atoms with van der Waals surface area (Å²) in [5, 5.41) is 0.760. The van der Waals surface area contributed by atoms with Gasteiger partial charge < -0.3 is 4.57 Å². The van der Waals surface area contributed by atoms with E-state index >= 15 is 0 Å². The maximum atomic E-state index is 12.1. The van der Waals surface area contributed by atoms with Crippen LogP contribution in [0, 0.1) is 6.92 Å². The second-order valence-corrected chi connectivity index (χ2v) is 6.62. The summed E-state index contributed by atoms with van der Waals surface area (Å²) >= 11 is 3.34. The van der Waals surface area contributed by atoms with Gasteiger partial charge in [0.1, 0.15) is 5.82 Å². The van der Waals surface area contributed by atoms with Crippen LogP contribution in [-0.2, 0) is 16.6 Å². The number of aryl methyl sites for hydroxylation is 2. The van der Waals surface area contributed by atoms with Crippen LogP contribution >= 0.6 is 15.9 Å². The molecule has 1 N–H and O–H groups in total. The van der Waals surface area contributed by atoms with Crippen molar-refractivity contribution in [3.8, 4) is 0 Å². The molecule has 1 aliphatic carbocycles. The van der Waals surface area contributed by atoms with Gasteiger partial charge in [0, 0.05) is 23.6 Å². The molecule has 0 spiro atoms. The van der Waals surface area contributed by atoms with Crippen molar-refractivity contribution in [2.75, 3.05) is 5.33 Å². The van der Waals surface area contributed by atoms with E-state index in [4.69, 9.17) is 0 Å². The molecule has 0 saturated heterocycles. The number of sulfonamides is 1. The van der Waals surface area contributed by atoms with Crippen LogP contribution in [0.3, 0.4) is 0 Å². The van der Waals surface area contributed by atoms with Crippen LogP contribution in [0.25, 0.3) is 0 Å². The van der Waals surface area contributed by atoms with Gasteiger partial charge in [-0.25, -0.2) is 18.1 Å². The standard InChI is InChI=1S/C10H16BrN3O2S/c1-3-14-6-9(12-8(14)2)17(15,16)13-10(7-11)4-5-10/h6,13H,3-5,7H2,1-2H3. The van der Waals surface area contributed by atoms with Gasteiger partial charge in [-0.15, -0.1) is 0 Å². The Kier molecular flexibility index (Phi) is 3.35. The maximum absolute atomic E-state index is 12.1. The first-order valence-corrected chi connectivity index (χ1v) is 8.17. The van der Waals surface area contributed by atoms with Crippen molar-refractivity contribution < 1.29 is 8.42 Å². The Hall–Kier alpha value is -0.400. The highest BCUT2D eigenvalue weighted by molar-refractivity contribution is 9.09. The molecule has 96 valence electrons. The molecule has 0 unspecified atom stereocenters. The molecular weight excluding hydrogens is 306 g/mol. The quantitative estimate of drug-likeness (QED) is 0.834. The molecule has 7 heteroatoms. The zero-order valence-corrected chi connectivity index (χ0v) is 12.3. The zero-order valence-electron chi connectivity index (χ0n) is 9.90. The number of halogens is 1. The van der Waals surface area contributed by atoms with Crippen molar-refractivity contribution in [2.24, 2.45) is 0 Å². The summed E-state index contributed by atoms with van der Waals surface area (Å²) in [6, 6.07) is 0. The van der Waals surface area contributed by atoms with Gasteiger partial charge in [0.15, 0.2) is 5.03 Å². The van der Waals surface area contributed by atoms with E-state index in [0.29, 0.717) is 5.33 Å². The summed E-state index contributed by atoms with van der Waals surface area (Å²) in [4.78, 5) is 4.10. The van der Waals surface area contributed by atoms with Crippen molar-refractivity contribution in [1.82, 2.24) is 14.3 Å². The van der Waals surface area contributed by atoms with E-state index in [1.165, 1.54) is 0 Å². The van der Waals surface area contributed by atoms with Crippen molar-refractivity contribution in [2.45, 2.75) is 43.8 Å². The SMILES string of the molecule is CCn1cc(S(=O)(=O)NC2(CBr)CC2)nc1C. The van der Waals surface area contributed by atoms with Crippen LogP contribution in [0.15, 0.2) is 11.2 Å². The van der Waals surface area contributed by atoms with Crippen LogP contribution in [-0.4, -0.2) is 28.8 Å². The van der Waals surface area contributed by atoms with Crippen molar-refractivity contribution in [3.63, 3.8) is 0 Å². The lowest BCUT2D eigenvalue weighted by Crippen LogP contribution is -2.38. The van der Waals surface area contributed by atoms with Crippen LogP contribution in [0.1, 0.15) is 25.6 Å². The Bertz CT molecular complexity index is 520. The molecule has 1 aromatic rings.